The van der Waals surface area contributed by atoms with Gasteiger partial charge in [-0.05, 0) is 25.7 Å². The van der Waals surface area contributed by atoms with Gasteiger partial charge in [-0.2, -0.15) is 0 Å². The van der Waals surface area contributed by atoms with Gasteiger partial charge in [-0.3, -0.25) is 0 Å². The molecule has 0 N–H and O–H groups in total. The van der Waals surface area contributed by atoms with Gasteiger partial charge in [-0.1, -0.05) is 24.3 Å². The molecule has 1 heteroatoms. The topological polar surface area (TPSA) is 0 Å². The van der Waals surface area contributed by atoms with Gasteiger partial charge >= 0.3 is 0 Å². The maximum atomic E-state index is 2.23. The Bertz CT molecular complexity index is 89.1. The standard InChI is InChI=1S/C8H12.Cu/c1-2-4-6-8-7-5-3-1;/h1-4H,5-8H2;. The molecule has 1 rings (SSSR count). The molecule has 1 radical (unpaired) electrons. The summed E-state index contributed by atoms with van der Waals surface area (Å²) in [6.45, 7) is 0. The minimum atomic E-state index is 0. The van der Waals surface area contributed by atoms with E-state index >= 15 is 0 Å². The zero-order valence-corrected chi connectivity index (χ0v) is 6.38. The van der Waals surface area contributed by atoms with E-state index < -0.39 is 0 Å². The smallest absolute Gasteiger partial charge is 0 e. The molecule has 0 heterocycles. The van der Waals surface area contributed by atoms with E-state index in [1.165, 1.54) is 25.7 Å². The van der Waals surface area contributed by atoms with Crippen LogP contribution in [0.25, 0.3) is 0 Å². The first-order chi connectivity index (χ1) is 4.00. The Morgan fingerprint density at radius 2 is 1.22 bits per heavy atom. The van der Waals surface area contributed by atoms with Crippen LogP contribution in [0.2, 0.25) is 0 Å². The predicted octanol–water partition coefficient (Wildman–Crippen LogP) is 2.67. The van der Waals surface area contributed by atoms with Gasteiger partial charge < -0.3 is 0 Å². The first-order valence-electron chi connectivity index (χ1n) is 3.32. The molecule has 0 spiro atoms. The second-order valence-electron chi connectivity index (χ2n) is 2.14. The van der Waals surface area contributed by atoms with Crippen LogP contribution in [0.1, 0.15) is 25.7 Å². The van der Waals surface area contributed by atoms with E-state index in [1.807, 2.05) is 0 Å². The van der Waals surface area contributed by atoms with Crippen LogP contribution in [-0.4, -0.2) is 0 Å². The van der Waals surface area contributed by atoms with Crippen molar-refractivity contribution < 1.29 is 17.1 Å². The zero-order chi connectivity index (χ0) is 5.66. The van der Waals surface area contributed by atoms with Crippen molar-refractivity contribution in [3.8, 4) is 0 Å². The third-order valence-corrected chi connectivity index (χ3v) is 1.37. The van der Waals surface area contributed by atoms with Gasteiger partial charge in [0, 0.05) is 17.1 Å². The largest absolute Gasteiger partial charge is 0.0845 e. The van der Waals surface area contributed by atoms with E-state index in [0.717, 1.165) is 0 Å². The van der Waals surface area contributed by atoms with Crippen LogP contribution in [0.3, 0.4) is 0 Å². The molecule has 0 saturated heterocycles. The van der Waals surface area contributed by atoms with Crippen molar-refractivity contribution in [1.29, 1.82) is 0 Å². The second kappa shape index (κ2) is 6.12. The monoisotopic (exact) mass is 171 g/mol. The summed E-state index contributed by atoms with van der Waals surface area (Å²) in [5.74, 6) is 0. The molecule has 0 aliphatic heterocycles. The van der Waals surface area contributed by atoms with E-state index in [-0.39, 0.29) is 17.1 Å². The minimum absolute atomic E-state index is 0. The molecule has 0 fully saturated rings. The summed E-state index contributed by atoms with van der Waals surface area (Å²) in [4.78, 5) is 0. The fourth-order valence-electron chi connectivity index (χ4n) is 0.874. The average Bonchev–Trinajstić information content (AvgIpc) is 1.62. The summed E-state index contributed by atoms with van der Waals surface area (Å²) in [5.41, 5.74) is 0. The second-order valence-corrected chi connectivity index (χ2v) is 2.14. The Labute approximate surface area is 67.5 Å². The third-order valence-electron chi connectivity index (χ3n) is 1.37. The molecular weight excluding hydrogens is 160 g/mol. The number of rotatable bonds is 0. The number of hydrogen-bond acceptors (Lipinski definition) is 0. The molecule has 0 atom stereocenters. The van der Waals surface area contributed by atoms with Gasteiger partial charge in [0.1, 0.15) is 0 Å². The van der Waals surface area contributed by atoms with Crippen LogP contribution in [-0.2, 0) is 17.1 Å². The van der Waals surface area contributed by atoms with Crippen LogP contribution in [0, 0.1) is 0 Å². The molecule has 0 bridgehead atoms. The molecule has 0 aromatic carbocycles. The van der Waals surface area contributed by atoms with Crippen molar-refractivity contribution in [2.45, 2.75) is 25.7 Å². The van der Waals surface area contributed by atoms with Crippen molar-refractivity contribution in [2.24, 2.45) is 0 Å². The molecule has 0 amide bonds. The van der Waals surface area contributed by atoms with E-state index in [9.17, 15) is 0 Å². The summed E-state index contributed by atoms with van der Waals surface area (Å²) in [5, 5.41) is 0. The van der Waals surface area contributed by atoms with Crippen LogP contribution < -0.4 is 0 Å². The molecule has 0 unspecified atom stereocenters. The molecular formula is C8H12Cu. The molecule has 1 aliphatic rings. The summed E-state index contributed by atoms with van der Waals surface area (Å²) >= 11 is 0. The summed E-state index contributed by atoms with van der Waals surface area (Å²) < 4.78 is 0. The Balaban J connectivity index is 0.000000640. The molecule has 1 aliphatic carbocycles. The minimum Gasteiger partial charge on any atom is -0.0845 e. The molecule has 0 nitrogen and oxygen atoms in total. The number of allylic oxidation sites excluding steroid dienone is 4. The Hall–Kier alpha value is -0.000519. The van der Waals surface area contributed by atoms with Gasteiger partial charge in [0.15, 0.2) is 0 Å². The van der Waals surface area contributed by atoms with Gasteiger partial charge in [0.05, 0.1) is 0 Å². The van der Waals surface area contributed by atoms with Crippen molar-refractivity contribution >= 4 is 0 Å². The van der Waals surface area contributed by atoms with Crippen molar-refractivity contribution in [1.82, 2.24) is 0 Å². The average molecular weight is 172 g/mol. The molecule has 0 aromatic rings. The zero-order valence-electron chi connectivity index (χ0n) is 5.44. The summed E-state index contributed by atoms with van der Waals surface area (Å²) in [7, 11) is 0. The van der Waals surface area contributed by atoms with E-state index in [4.69, 9.17) is 0 Å². The third kappa shape index (κ3) is 4.50. The van der Waals surface area contributed by atoms with Crippen molar-refractivity contribution in [2.75, 3.05) is 0 Å². The number of hydrogen-bond donors (Lipinski definition) is 0. The normalized spacial score (nSPS) is 17.8. The summed E-state index contributed by atoms with van der Waals surface area (Å²) in [6, 6.07) is 0. The first kappa shape index (κ1) is 9.00. The van der Waals surface area contributed by atoms with E-state index in [2.05, 4.69) is 24.3 Å². The maximum Gasteiger partial charge on any atom is 0 e. The van der Waals surface area contributed by atoms with Crippen LogP contribution in [0.4, 0.5) is 0 Å². The molecule has 55 valence electrons. The summed E-state index contributed by atoms with van der Waals surface area (Å²) in [6.07, 6.45) is 14.0. The van der Waals surface area contributed by atoms with Crippen molar-refractivity contribution in [3.05, 3.63) is 24.3 Å². The fourth-order valence-corrected chi connectivity index (χ4v) is 0.874. The van der Waals surface area contributed by atoms with Crippen molar-refractivity contribution in [3.63, 3.8) is 0 Å². The van der Waals surface area contributed by atoms with Gasteiger partial charge in [0.25, 0.3) is 0 Å². The van der Waals surface area contributed by atoms with Crippen LogP contribution in [0.15, 0.2) is 24.3 Å². The van der Waals surface area contributed by atoms with Gasteiger partial charge in [-0.15, -0.1) is 0 Å². The van der Waals surface area contributed by atoms with E-state index in [1.54, 1.807) is 0 Å². The Kier molecular flexibility index (Phi) is 6.12. The van der Waals surface area contributed by atoms with Gasteiger partial charge in [0.2, 0.25) is 0 Å². The first-order valence-corrected chi connectivity index (χ1v) is 3.32. The van der Waals surface area contributed by atoms with Crippen LogP contribution >= 0.6 is 0 Å². The van der Waals surface area contributed by atoms with Crippen LogP contribution in [0.5, 0.6) is 0 Å². The molecule has 0 aromatic heterocycles. The molecule has 0 saturated carbocycles. The quantitative estimate of drug-likeness (QED) is 0.492. The molecule has 9 heavy (non-hydrogen) atoms. The van der Waals surface area contributed by atoms with Gasteiger partial charge in [-0.25, -0.2) is 0 Å². The fraction of sp³-hybridized carbons (Fsp3) is 0.500. The Morgan fingerprint density at radius 3 is 1.67 bits per heavy atom. The predicted molar refractivity (Wildman–Crippen MR) is 36.7 cm³/mol. The van der Waals surface area contributed by atoms with E-state index in [0.29, 0.717) is 0 Å². The Morgan fingerprint density at radius 1 is 0.778 bits per heavy atom. The SMILES string of the molecule is C1=CCCCCC=C1.[Cu]. The maximum absolute atomic E-state index is 2.23.